The number of carbonyl (C=O) groups is 1. The summed E-state index contributed by atoms with van der Waals surface area (Å²) in [6, 6.07) is 12.1. The topological polar surface area (TPSA) is 72.7 Å². The number of anilines is 1. The molecular weight excluding hydrogens is 371 g/mol. The van der Waals surface area contributed by atoms with Gasteiger partial charge in [-0.15, -0.1) is 10.2 Å². The lowest BCUT2D eigenvalue weighted by atomic mass is 10.0. The normalized spacial score (nSPS) is 11.6. The summed E-state index contributed by atoms with van der Waals surface area (Å²) in [7, 11) is 0. The van der Waals surface area contributed by atoms with Gasteiger partial charge in [-0.05, 0) is 41.0 Å². The molecule has 0 fully saturated rings. The molecule has 0 spiro atoms. The maximum Gasteiger partial charge on any atom is 0.416 e. The number of carbonyl (C=O) groups excluding carboxylic acids is 1. The smallest absolute Gasteiger partial charge is 0.324 e. The maximum absolute atomic E-state index is 12.8. The minimum absolute atomic E-state index is 0.0145. The van der Waals surface area contributed by atoms with Crippen LogP contribution in [0.25, 0.3) is 11.4 Å². The molecule has 1 aromatic heterocycles. The van der Waals surface area contributed by atoms with Crippen LogP contribution in [0.3, 0.4) is 0 Å². The lowest BCUT2D eigenvalue weighted by Gasteiger charge is -2.09. The van der Waals surface area contributed by atoms with Crippen molar-refractivity contribution in [1.29, 1.82) is 0 Å². The summed E-state index contributed by atoms with van der Waals surface area (Å²) in [4.78, 5) is 13.2. The Morgan fingerprint density at radius 3 is 2.61 bits per heavy atom. The molecule has 0 aliphatic carbocycles. The largest absolute Gasteiger partial charge is 0.416 e. The first-order valence-corrected chi connectivity index (χ1v) is 8.57. The highest BCUT2D eigenvalue weighted by molar-refractivity contribution is 5.90. The van der Waals surface area contributed by atoms with E-state index in [4.69, 9.17) is 0 Å². The van der Waals surface area contributed by atoms with E-state index in [1.807, 2.05) is 18.2 Å². The number of tetrazole rings is 1. The first kappa shape index (κ1) is 19.5. The van der Waals surface area contributed by atoms with Gasteiger partial charge in [-0.1, -0.05) is 38.1 Å². The maximum atomic E-state index is 12.8. The first-order valence-electron chi connectivity index (χ1n) is 8.57. The highest BCUT2D eigenvalue weighted by Gasteiger charge is 2.30. The van der Waals surface area contributed by atoms with E-state index >= 15 is 0 Å². The van der Waals surface area contributed by atoms with Crippen molar-refractivity contribution in [3.05, 3.63) is 59.7 Å². The molecule has 28 heavy (non-hydrogen) atoms. The Bertz CT molecular complexity index is 981. The summed E-state index contributed by atoms with van der Waals surface area (Å²) in [6.45, 7) is 3.89. The second-order valence-corrected chi connectivity index (χ2v) is 6.55. The minimum Gasteiger partial charge on any atom is -0.324 e. The van der Waals surface area contributed by atoms with Gasteiger partial charge in [-0.2, -0.15) is 18.0 Å². The van der Waals surface area contributed by atoms with Crippen LogP contribution in [-0.2, 0) is 17.5 Å². The molecule has 2 aromatic carbocycles. The Labute approximate surface area is 159 Å². The monoisotopic (exact) mass is 389 g/mol. The van der Waals surface area contributed by atoms with Gasteiger partial charge in [0.2, 0.25) is 11.7 Å². The average Bonchev–Trinajstić information content (AvgIpc) is 3.09. The van der Waals surface area contributed by atoms with Crippen LogP contribution in [0.4, 0.5) is 18.9 Å². The van der Waals surface area contributed by atoms with E-state index in [1.54, 1.807) is 6.07 Å². The van der Waals surface area contributed by atoms with E-state index in [1.165, 1.54) is 12.1 Å². The van der Waals surface area contributed by atoms with Crippen molar-refractivity contribution in [3.8, 4) is 11.4 Å². The van der Waals surface area contributed by atoms with Gasteiger partial charge in [-0.25, -0.2) is 0 Å². The molecule has 0 aliphatic heterocycles. The predicted octanol–water partition coefficient (Wildman–Crippen LogP) is 4.12. The molecule has 0 saturated carbocycles. The molecule has 3 rings (SSSR count). The fourth-order valence-corrected chi connectivity index (χ4v) is 2.56. The zero-order valence-corrected chi connectivity index (χ0v) is 15.2. The van der Waals surface area contributed by atoms with E-state index in [0.717, 1.165) is 22.5 Å². The zero-order valence-electron chi connectivity index (χ0n) is 15.2. The van der Waals surface area contributed by atoms with E-state index < -0.39 is 11.7 Å². The second kappa shape index (κ2) is 7.79. The van der Waals surface area contributed by atoms with Crippen molar-refractivity contribution < 1.29 is 18.0 Å². The SMILES string of the molecule is CC(C)c1cccc(NC(=O)Cn2nnc(-c3cccc(C(F)(F)F)c3)n2)c1. The molecule has 0 aliphatic rings. The van der Waals surface area contributed by atoms with Crippen LogP contribution in [0.15, 0.2) is 48.5 Å². The van der Waals surface area contributed by atoms with Crippen molar-refractivity contribution in [3.63, 3.8) is 0 Å². The van der Waals surface area contributed by atoms with Gasteiger partial charge in [0, 0.05) is 11.3 Å². The Balaban J connectivity index is 1.69. The quantitative estimate of drug-likeness (QED) is 0.712. The molecule has 9 heteroatoms. The van der Waals surface area contributed by atoms with Gasteiger partial charge in [0.25, 0.3) is 0 Å². The Morgan fingerprint density at radius 2 is 1.89 bits per heavy atom. The minimum atomic E-state index is -4.46. The van der Waals surface area contributed by atoms with Crippen LogP contribution >= 0.6 is 0 Å². The highest BCUT2D eigenvalue weighted by Crippen LogP contribution is 2.31. The third kappa shape index (κ3) is 4.73. The summed E-state index contributed by atoms with van der Waals surface area (Å²) in [5, 5.41) is 14.2. The number of aromatic nitrogens is 4. The number of amides is 1. The van der Waals surface area contributed by atoms with Crippen LogP contribution < -0.4 is 5.32 Å². The summed E-state index contributed by atoms with van der Waals surface area (Å²) >= 11 is 0. The van der Waals surface area contributed by atoms with Crippen LogP contribution in [0, 0.1) is 0 Å². The van der Waals surface area contributed by atoms with E-state index in [0.29, 0.717) is 11.6 Å². The number of hydrogen-bond acceptors (Lipinski definition) is 4. The molecular formula is C19H18F3N5O. The first-order chi connectivity index (χ1) is 13.2. The molecule has 1 heterocycles. The molecule has 0 saturated heterocycles. The Kier molecular flexibility index (Phi) is 5.43. The third-order valence-electron chi connectivity index (χ3n) is 4.02. The molecule has 0 atom stereocenters. The molecule has 146 valence electrons. The number of nitrogens with zero attached hydrogens (tertiary/aromatic N) is 4. The number of hydrogen-bond donors (Lipinski definition) is 1. The molecule has 0 radical (unpaired) electrons. The number of benzene rings is 2. The standard InChI is InChI=1S/C19H18F3N5O/c1-12(2)13-5-4-8-16(10-13)23-17(28)11-27-25-18(24-26-27)14-6-3-7-15(9-14)19(20,21)22/h3-10,12H,11H2,1-2H3,(H,23,28). The molecule has 1 N–H and O–H groups in total. The molecule has 0 unspecified atom stereocenters. The summed E-state index contributed by atoms with van der Waals surface area (Å²) in [5.41, 5.74) is 1.10. The van der Waals surface area contributed by atoms with Crippen LogP contribution in [0.2, 0.25) is 0 Å². The number of nitrogens with one attached hydrogen (secondary N) is 1. The van der Waals surface area contributed by atoms with Crippen molar-refractivity contribution in [2.75, 3.05) is 5.32 Å². The van der Waals surface area contributed by atoms with Gasteiger partial charge in [0.1, 0.15) is 6.54 Å². The lowest BCUT2D eigenvalue weighted by molar-refractivity contribution is -0.137. The van der Waals surface area contributed by atoms with Gasteiger partial charge in [-0.3, -0.25) is 4.79 Å². The van der Waals surface area contributed by atoms with E-state index in [-0.39, 0.29) is 23.8 Å². The van der Waals surface area contributed by atoms with Crippen molar-refractivity contribution in [2.45, 2.75) is 32.5 Å². The summed E-state index contributed by atoms with van der Waals surface area (Å²) in [5.74, 6) is -0.0292. The van der Waals surface area contributed by atoms with Crippen LogP contribution in [0.5, 0.6) is 0 Å². The fourth-order valence-electron chi connectivity index (χ4n) is 2.56. The van der Waals surface area contributed by atoms with E-state index in [9.17, 15) is 18.0 Å². The Morgan fingerprint density at radius 1 is 1.14 bits per heavy atom. The van der Waals surface area contributed by atoms with Crippen molar-refractivity contribution >= 4 is 11.6 Å². The fraction of sp³-hybridized carbons (Fsp3) is 0.263. The molecule has 1 amide bonds. The predicted molar refractivity (Wildman–Crippen MR) is 97.4 cm³/mol. The summed E-state index contributed by atoms with van der Waals surface area (Å²) in [6.07, 6.45) is -4.46. The lowest BCUT2D eigenvalue weighted by Crippen LogP contribution is -2.20. The Hall–Kier alpha value is -3.23. The van der Waals surface area contributed by atoms with Gasteiger partial charge < -0.3 is 5.32 Å². The molecule has 6 nitrogen and oxygen atoms in total. The van der Waals surface area contributed by atoms with Gasteiger partial charge in [0.15, 0.2) is 0 Å². The summed E-state index contributed by atoms with van der Waals surface area (Å²) < 4.78 is 38.5. The highest BCUT2D eigenvalue weighted by atomic mass is 19.4. The zero-order chi connectivity index (χ0) is 20.3. The molecule has 3 aromatic rings. The average molecular weight is 389 g/mol. The van der Waals surface area contributed by atoms with Crippen molar-refractivity contribution in [2.24, 2.45) is 0 Å². The van der Waals surface area contributed by atoms with E-state index in [2.05, 4.69) is 34.6 Å². The van der Waals surface area contributed by atoms with Gasteiger partial charge >= 0.3 is 6.18 Å². The molecule has 0 bridgehead atoms. The number of alkyl halides is 3. The number of halogens is 3. The van der Waals surface area contributed by atoms with Gasteiger partial charge in [0.05, 0.1) is 5.56 Å². The van der Waals surface area contributed by atoms with Crippen LogP contribution in [-0.4, -0.2) is 26.1 Å². The third-order valence-corrected chi connectivity index (χ3v) is 4.02. The van der Waals surface area contributed by atoms with Crippen molar-refractivity contribution in [1.82, 2.24) is 20.2 Å². The van der Waals surface area contributed by atoms with Crippen LogP contribution in [0.1, 0.15) is 30.9 Å². The second-order valence-electron chi connectivity index (χ2n) is 6.55. The number of rotatable bonds is 5.